The maximum absolute atomic E-state index is 11.3. The summed E-state index contributed by atoms with van der Waals surface area (Å²) in [4.78, 5) is 19.9. The summed E-state index contributed by atoms with van der Waals surface area (Å²) in [6, 6.07) is 10.4. The SMILES string of the molecule is CN=C(NCCc1ccccc1)NCCN1CCN(C(C)=O)CC1. The van der Waals surface area contributed by atoms with E-state index < -0.39 is 0 Å². The molecule has 6 heteroatoms. The molecule has 0 aliphatic carbocycles. The predicted octanol–water partition coefficient (Wildman–Crippen LogP) is 0.558. The number of carbonyl (C=O) groups excluding carboxylic acids is 1. The molecule has 2 rings (SSSR count). The first-order valence-electron chi connectivity index (χ1n) is 8.65. The number of hydrogen-bond acceptors (Lipinski definition) is 3. The molecule has 1 aliphatic rings. The molecular formula is C18H29N5O. The van der Waals surface area contributed by atoms with Crippen LogP contribution in [0.3, 0.4) is 0 Å². The summed E-state index contributed by atoms with van der Waals surface area (Å²) >= 11 is 0. The van der Waals surface area contributed by atoms with Crippen molar-refractivity contribution >= 4 is 11.9 Å². The molecule has 1 aliphatic heterocycles. The fourth-order valence-corrected chi connectivity index (χ4v) is 2.81. The lowest BCUT2D eigenvalue weighted by atomic mass is 10.1. The summed E-state index contributed by atoms with van der Waals surface area (Å²) in [5.41, 5.74) is 1.32. The number of nitrogens with zero attached hydrogens (tertiary/aromatic N) is 3. The molecule has 0 saturated carbocycles. The Kier molecular flexibility index (Phi) is 7.55. The van der Waals surface area contributed by atoms with Crippen LogP contribution >= 0.6 is 0 Å². The van der Waals surface area contributed by atoms with E-state index in [-0.39, 0.29) is 5.91 Å². The molecule has 0 radical (unpaired) electrons. The molecule has 1 fully saturated rings. The van der Waals surface area contributed by atoms with Crippen LogP contribution in [0.1, 0.15) is 12.5 Å². The van der Waals surface area contributed by atoms with Crippen molar-refractivity contribution in [2.45, 2.75) is 13.3 Å². The minimum absolute atomic E-state index is 0.177. The summed E-state index contributed by atoms with van der Waals surface area (Å²) in [7, 11) is 1.80. The van der Waals surface area contributed by atoms with Gasteiger partial charge in [-0.15, -0.1) is 0 Å². The van der Waals surface area contributed by atoms with E-state index in [4.69, 9.17) is 0 Å². The Hall–Kier alpha value is -2.08. The number of piperazine rings is 1. The number of rotatable bonds is 6. The Bertz CT molecular complexity index is 523. The molecule has 1 heterocycles. The predicted molar refractivity (Wildman–Crippen MR) is 98.2 cm³/mol. The third-order valence-corrected chi connectivity index (χ3v) is 4.31. The van der Waals surface area contributed by atoms with E-state index in [1.54, 1.807) is 14.0 Å². The highest BCUT2D eigenvalue weighted by molar-refractivity contribution is 5.79. The van der Waals surface area contributed by atoms with Gasteiger partial charge in [-0.2, -0.15) is 0 Å². The average Bonchev–Trinajstić information content (AvgIpc) is 2.61. The van der Waals surface area contributed by atoms with Gasteiger partial charge in [-0.3, -0.25) is 14.7 Å². The van der Waals surface area contributed by atoms with Gasteiger partial charge in [-0.1, -0.05) is 30.3 Å². The van der Waals surface area contributed by atoms with Gasteiger partial charge in [-0.25, -0.2) is 0 Å². The second kappa shape index (κ2) is 9.93. The topological polar surface area (TPSA) is 60.0 Å². The molecule has 0 aromatic heterocycles. The van der Waals surface area contributed by atoms with Crippen molar-refractivity contribution in [3.63, 3.8) is 0 Å². The number of benzene rings is 1. The number of guanidine groups is 1. The average molecular weight is 331 g/mol. The van der Waals surface area contributed by atoms with Gasteiger partial charge in [0.25, 0.3) is 0 Å². The van der Waals surface area contributed by atoms with Crippen LogP contribution in [0.2, 0.25) is 0 Å². The highest BCUT2D eigenvalue weighted by atomic mass is 16.2. The number of amides is 1. The molecule has 0 atom stereocenters. The van der Waals surface area contributed by atoms with Gasteiger partial charge in [0.2, 0.25) is 5.91 Å². The molecule has 1 amide bonds. The highest BCUT2D eigenvalue weighted by Gasteiger charge is 2.17. The number of hydrogen-bond donors (Lipinski definition) is 2. The van der Waals surface area contributed by atoms with Gasteiger partial charge in [0.1, 0.15) is 0 Å². The number of nitrogens with one attached hydrogen (secondary N) is 2. The van der Waals surface area contributed by atoms with E-state index in [0.717, 1.165) is 58.2 Å². The lowest BCUT2D eigenvalue weighted by molar-refractivity contribution is -0.130. The molecule has 1 saturated heterocycles. The van der Waals surface area contributed by atoms with Crippen LogP contribution in [-0.2, 0) is 11.2 Å². The summed E-state index contributed by atoms with van der Waals surface area (Å²) in [6.07, 6.45) is 0.981. The Morgan fingerprint density at radius 2 is 1.75 bits per heavy atom. The van der Waals surface area contributed by atoms with Gasteiger partial charge in [0.05, 0.1) is 0 Å². The fourth-order valence-electron chi connectivity index (χ4n) is 2.81. The van der Waals surface area contributed by atoms with Crippen LogP contribution in [0.5, 0.6) is 0 Å². The van der Waals surface area contributed by atoms with Crippen LogP contribution in [0, 0.1) is 0 Å². The zero-order chi connectivity index (χ0) is 17.2. The van der Waals surface area contributed by atoms with Crippen LogP contribution < -0.4 is 10.6 Å². The van der Waals surface area contributed by atoms with Crippen molar-refractivity contribution in [2.75, 3.05) is 52.9 Å². The normalized spacial score (nSPS) is 16.1. The molecule has 6 nitrogen and oxygen atoms in total. The first kappa shape index (κ1) is 18.3. The van der Waals surface area contributed by atoms with Crippen LogP contribution in [0.25, 0.3) is 0 Å². The quantitative estimate of drug-likeness (QED) is 0.591. The van der Waals surface area contributed by atoms with Crippen LogP contribution in [-0.4, -0.2) is 74.5 Å². The van der Waals surface area contributed by atoms with Crippen molar-refractivity contribution in [3.05, 3.63) is 35.9 Å². The maximum Gasteiger partial charge on any atom is 0.219 e. The van der Waals surface area contributed by atoms with Crippen molar-refractivity contribution in [1.29, 1.82) is 0 Å². The Morgan fingerprint density at radius 1 is 1.08 bits per heavy atom. The minimum Gasteiger partial charge on any atom is -0.356 e. The second-order valence-corrected chi connectivity index (χ2v) is 6.01. The summed E-state index contributed by atoms with van der Waals surface area (Å²) in [6.45, 7) is 7.88. The Labute approximate surface area is 144 Å². The first-order valence-corrected chi connectivity index (χ1v) is 8.65. The van der Waals surface area contributed by atoms with E-state index in [2.05, 4.69) is 44.8 Å². The van der Waals surface area contributed by atoms with E-state index in [1.807, 2.05) is 11.0 Å². The molecular weight excluding hydrogens is 302 g/mol. The lowest BCUT2D eigenvalue weighted by Crippen LogP contribution is -2.50. The molecule has 0 bridgehead atoms. The third kappa shape index (κ3) is 6.20. The monoisotopic (exact) mass is 331 g/mol. The lowest BCUT2D eigenvalue weighted by Gasteiger charge is -2.34. The van der Waals surface area contributed by atoms with E-state index >= 15 is 0 Å². The van der Waals surface area contributed by atoms with Gasteiger partial charge in [-0.05, 0) is 12.0 Å². The standard InChI is InChI=1S/C18H29N5O/c1-16(24)23-14-12-22(13-15-23)11-10-21-18(19-2)20-9-8-17-6-4-3-5-7-17/h3-7H,8-15H2,1-2H3,(H2,19,20,21). The molecule has 24 heavy (non-hydrogen) atoms. The molecule has 0 spiro atoms. The first-order chi connectivity index (χ1) is 11.7. The van der Waals surface area contributed by atoms with Gasteiger partial charge < -0.3 is 15.5 Å². The van der Waals surface area contributed by atoms with Gasteiger partial charge in [0.15, 0.2) is 5.96 Å². The van der Waals surface area contributed by atoms with Crippen LogP contribution in [0.15, 0.2) is 35.3 Å². The van der Waals surface area contributed by atoms with Gasteiger partial charge in [0, 0.05) is 59.8 Å². The van der Waals surface area contributed by atoms with E-state index in [0.29, 0.717) is 0 Å². The maximum atomic E-state index is 11.3. The van der Waals surface area contributed by atoms with Crippen molar-refractivity contribution in [3.8, 4) is 0 Å². The number of carbonyl (C=O) groups is 1. The highest BCUT2D eigenvalue weighted by Crippen LogP contribution is 2.01. The van der Waals surface area contributed by atoms with Crippen LogP contribution in [0.4, 0.5) is 0 Å². The molecule has 0 unspecified atom stereocenters. The zero-order valence-electron chi connectivity index (χ0n) is 14.8. The fraction of sp³-hybridized carbons (Fsp3) is 0.556. The Balaban J connectivity index is 1.59. The summed E-state index contributed by atoms with van der Waals surface area (Å²) < 4.78 is 0. The third-order valence-electron chi connectivity index (χ3n) is 4.31. The molecule has 2 N–H and O–H groups in total. The largest absolute Gasteiger partial charge is 0.356 e. The van der Waals surface area contributed by atoms with Gasteiger partial charge >= 0.3 is 0 Å². The smallest absolute Gasteiger partial charge is 0.219 e. The Morgan fingerprint density at radius 3 is 2.38 bits per heavy atom. The van der Waals surface area contributed by atoms with E-state index in [9.17, 15) is 4.79 Å². The summed E-state index contributed by atoms with van der Waals surface area (Å²) in [5, 5.41) is 6.70. The molecule has 132 valence electrons. The number of aliphatic imine (C=N–C) groups is 1. The minimum atomic E-state index is 0.177. The second-order valence-electron chi connectivity index (χ2n) is 6.01. The van der Waals surface area contributed by atoms with Crippen molar-refractivity contribution in [1.82, 2.24) is 20.4 Å². The summed E-state index contributed by atoms with van der Waals surface area (Å²) in [5.74, 6) is 1.02. The zero-order valence-corrected chi connectivity index (χ0v) is 14.8. The van der Waals surface area contributed by atoms with Crippen molar-refractivity contribution in [2.24, 2.45) is 4.99 Å². The molecule has 1 aromatic rings. The van der Waals surface area contributed by atoms with Crippen molar-refractivity contribution < 1.29 is 4.79 Å². The molecule has 1 aromatic carbocycles. The van der Waals surface area contributed by atoms with E-state index in [1.165, 1.54) is 5.56 Å².